The molecule has 1 aromatic carbocycles. The van der Waals surface area contributed by atoms with Crippen LogP contribution in [-0.2, 0) is 0 Å². The van der Waals surface area contributed by atoms with E-state index in [4.69, 9.17) is 0 Å². The zero-order chi connectivity index (χ0) is 11.2. The third-order valence-electron chi connectivity index (χ3n) is 3.62. The maximum Gasteiger partial charge on any atom is 0.0366 e. The van der Waals surface area contributed by atoms with Gasteiger partial charge in [-0.1, -0.05) is 44.4 Å². The summed E-state index contributed by atoms with van der Waals surface area (Å²) in [4.78, 5) is 2.54. The van der Waals surface area contributed by atoms with Crippen molar-refractivity contribution < 1.29 is 0 Å². The maximum absolute atomic E-state index is 2.54. The van der Waals surface area contributed by atoms with Crippen LogP contribution in [0.25, 0.3) is 0 Å². The molecule has 0 bridgehead atoms. The van der Waals surface area contributed by atoms with Gasteiger partial charge in [0.2, 0.25) is 0 Å². The number of nitrogens with zero attached hydrogens (tertiary/aromatic N) is 1. The number of unbranched alkanes of at least 4 members (excludes halogenated alkanes) is 2. The number of hydrogen-bond acceptors (Lipinski definition) is 1. The van der Waals surface area contributed by atoms with E-state index in [0.717, 1.165) is 5.92 Å². The Hall–Kier alpha value is -0.980. The normalized spacial score (nSPS) is 20.3. The van der Waals surface area contributed by atoms with Gasteiger partial charge >= 0.3 is 0 Å². The maximum atomic E-state index is 2.54. The molecular weight excluding hydrogens is 194 g/mol. The molecule has 1 heterocycles. The van der Waals surface area contributed by atoms with Gasteiger partial charge < -0.3 is 4.90 Å². The predicted octanol–water partition coefficient (Wildman–Crippen LogP) is 4.09. The van der Waals surface area contributed by atoms with Crippen molar-refractivity contribution in [2.45, 2.75) is 39.0 Å². The van der Waals surface area contributed by atoms with E-state index in [0.29, 0.717) is 0 Å². The van der Waals surface area contributed by atoms with Crippen molar-refractivity contribution in [1.29, 1.82) is 0 Å². The van der Waals surface area contributed by atoms with E-state index in [2.05, 4.69) is 42.2 Å². The summed E-state index contributed by atoms with van der Waals surface area (Å²) in [6.07, 6.45) is 6.98. The molecule has 1 aliphatic rings. The monoisotopic (exact) mass is 217 g/mol. The summed E-state index contributed by atoms with van der Waals surface area (Å²) in [6, 6.07) is 10.8. The molecule has 0 radical (unpaired) electrons. The van der Waals surface area contributed by atoms with Crippen LogP contribution in [0.2, 0.25) is 0 Å². The Bertz CT molecular complexity index is 294. The smallest absolute Gasteiger partial charge is 0.0366 e. The predicted molar refractivity (Wildman–Crippen MR) is 70.9 cm³/mol. The zero-order valence-corrected chi connectivity index (χ0v) is 10.4. The molecule has 2 rings (SSSR count). The number of para-hydroxylation sites is 1. The third-order valence-corrected chi connectivity index (χ3v) is 3.62. The summed E-state index contributed by atoms with van der Waals surface area (Å²) in [5.74, 6) is 0.937. The summed E-state index contributed by atoms with van der Waals surface area (Å²) >= 11 is 0. The number of rotatable bonds is 5. The van der Waals surface area contributed by atoms with Gasteiger partial charge in [0.1, 0.15) is 0 Å². The molecule has 1 aliphatic heterocycles. The number of benzene rings is 1. The summed E-state index contributed by atoms with van der Waals surface area (Å²) in [5, 5.41) is 0. The molecule has 1 fully saturated rings. The van der Waals surface area contributed by atoms with Gasteiger partial charge in [-0.25, -0.2) is 0 Å². The molecule has 1 aromatic rings. The van der Waals surface area contributed by atoms with E-state index in [9.17, 15) is 0 Å². The molecule has 1 heteroatoms. The summed E-state index contributed by atoms with van der Waals surface area (Å²) in [6.45, 7) is 4.81. The Labute approximate surface area is 99.5 Å². The Morgan fingerprint density at radius 2 is 2.00 bits per heavy atom. The van der Waals surface area contributed by atoms with E-state index < -0.39 is 0 Å². The molecule has 0 N–H and O–H groups in total. The minimum Gasteiger partial charge on any atom is -0.371 e. The first-order valence-electron chi connectivity index (χ1n) is 6.70. The second-order valence-electron chi connectivity index (χ2n) is 4.93. The van der Waals surface area contributed by atoms with Crippen molar-refractivity contribution in [1.82, 2.24) is 0 Å². The van der Waals surface area contributed by atoms with Crippen molar-refractivity contribution in [3.63, 3.8) is 0 Å². The fourth-order valence-corrected chi connectivity index (χ4v) is 2.62. The Morgan fingerprint density at radius 1 is 1.19 bits per heavy atom. The molecule has 1 atom stereocenters. The quantitative estimate of drug-likeness (QED) is 0.671. The minimum atomic E-state index is 0.937. The van der Waals surface area contributed by atoms with Crippen molar-refractivity contribution in [3.8, 4) is 0 Å². The lowest BCUT2D eigenvalue weighted by molar-refractivity contribution is 0.499. The first-order valence-corrected chi connectivity index (χ1v) is 6.70. The van der Waals surface area contributed by atoms with Gasteiger partial charge in [0.05, 0.1) is 0 Å². The standard InChI is InChI=1S/C15H23N/c1-2-3-5-8-14-11-12-16(13-14)15-9-6-4-7-10-15/h4,6-7,9-10,14H,2-3,5,8,11-13H2,1H3. The molecule has 1 unspecified atom stereocenters. The van der Waals surface area contributed by atoms with Crippen LogP contribution in [0.4, 0.5) is 5.69 Å². The molecule has 1 nitrogen and oxygen atoms in total. The summed E-state index contributed by atoms with van der Waals surface area (Å²) in [5.41, 5.74) is 1.40. The van der Waals surface area contributed by atoms with Crippen LogP contribution in [0, 0.1) is 5.92 Å². The molecule has 0 aromatic heterocycles. The van der Waals surface area contributed by atoms with E-state index in [1.807, 2.05) is 0 Å². The molecule has 0 spiro atoms. The number of anilines is 1. The van der Waals surface area contributed by atoms with E-state index in [-0.39, 0.29) is 0 Å². The number of hydrogen-bond donors (Lipinski definition) is 0. The van der Waals surface area contributed by atoms with Gasteiger partial charge in [-0.05, 0) is 30.9 Å². The van der Waals surface area contributed by atoms with Gasteiger partial charge in [0, 0.05) is 18.8 Å². The topological polar surface area (TPSA) is 3.24 Å². The molecule has 0 aliphatic carbocycles. The van der Waals surface area contributed by atoms with Crippen LogP contribution in [0.15, 0.2) is 30.3 Å². The summed E-state index contributed by atoms with van der Waals surface area (Å²) in [7, 11) is 0. The molecule has 0 saturated carbocycles. The highest BCUT2D eigenvalue weighted by Gasteiger charge is 2.21. The SMILES string of the molecule is CCCCCC1CCN(c2ccccc2)C1. The van der Waals surface area contributed by atoms with Crippen LogP contribution in [0.3, 0.4) is 0 Å². The lowest BCUT2D eigenvalue weighted by atomic mass is 10.0. The highest BCUT2D eigenvalue weighted by molar-refractivity contribution is 5.46. The fraction of sp³-hybridized carbons (Fsp3) is 0.600. The van der Waals surface area contributed by atoms with Crippen molar-refractivity contribution >= 4 is 5.69 Å². The van der Waals surface area contributed by atoms with Crippen molar-refractivity contribution in [2.24, 2.45) is 5.92 Å². The average molecular weight is 217 g/mol. The zero-order valence-electron chi connectivity index (χ0n) is 10.4. The molecule has 16 heavy (non-hydrogen) atoms. The van der Waals surface area contributed by atoms with Crippen LogP contribution in [-0.4, -0.2) is 13.1 Å². The second kappa shape index (κ2) is 5.93. The van der Waals surface area contributed by atoms with Gasteiger partial charge in [-0.2, -0.15) is 0 Å². The Kier molecular flexibility index (Phi) is 4.26. The minimum absolute atomic E-state index is 0.937. The second-order valence-corrected chi connectivity index (χ2v) is 4.93. The Morgan fingerprint density at radius 3 is 2.75 bits per heavy atom. The largest absolute Gasteiger partial charge is 0.371 e. The van der Waals surface area contributed by atoms with Crippen molar-refractivity contribution in [2.75, 3.05) is 18.0 Å². The lowest BCUT2D eigenvalue weighted by Gasteiger charge is -2.18. The molecule has 1 saturated heterocycles. The Balaban J connectivity index is 1.79. The van der Waals surface area contributed by atoms with Gasteiger partial charge in [-0.3, -0.25) is 0 Å². The highest BCUT2D eigenvalue weighted by atomic mass is 15.1. The van der Waals surface area contributed by atoms with Crippen LogP contribution >= 0.6 is 0 Å². The van der Waals surface area contributed by atoms with Crippen LogP contribution in [0.1, 0.15) is 39.0 Å². The summed E-state index contributed by atoms with van der Waals surface area (Å²) < 4.78 is 0. The van der Waals surface area contributed by atoms with Gasteiger partial charge in [-0.15, -0.1) is 0 Å². The highest BCUT2D eigenvalue weighted by Crippen LogP contribution is 2.26. The molecule has 88 valence electrons. The molecule has 0 amide bonds. The van der Waals surface area contributed by atoms with Crippen molar-refractivity contribution in [3.05, 3.63) is 30.3 Å². The fourth-order valence-electron chi connectivity index (χ4n) is 2.62. The van der Waals surface area contributed by atoms with Crippen LogP contribution in [0.5, 0.6) is 0 Å². The first-order chi connectivity index (χ1) is 7.90. The van der Waals surface area contributed by atoms with Gasteiger partial charge in [0.25, 0.3) is 0 Å². The average Bonchev–Trinajstić information content (AvgIpc) is 2.79. The van der Waals surface area contributed by atoms with E-state index in [1.165, 1.54) is 50.9 Å². The molecular formula is C15H23N. The third kappa shape index (κ3) is 3.01. The first kappa shape index (κ1) is 11.5. The van der Waals surface area contributed by atoms with E-state index in [1.54, 1.807) is 0 Å². The van der Waals surface area contributed by atoms with Gasteiger partial charge in [0.15, 0.2) is 0 Å². The van der Waals surface area contributed by atoms with Crippen LogP contribution < -0.4 is 4.90 Å². The van der Waals surface area contributed by atoms with E-state index >= 15 is 0 Å². The lowest BCUT2D eigenvalue weighted by Crippen LogP contribution is -2.19.